The smallest absolute Gasteiger partial charge is 0.0271 e. The molecule has 21 heavy (non-hydrogen) atoms. The van der Waals surface area contributed by atoms with E-state index in [1.807, 2.05) is 12.4 Å². The first-order valence-electron chi connectivity index (χ1n) is 8.64. The van der Waals surface area contributed by atoms with Gasteiger partial charge >= 0.3 is 0 Å². The Labute approximate surface area is 130 Å². The van der Waals surface area contributed by atoms with Crippen molar-refractivity contribution in [2.75, 3.05) is 13.1 Å². The molecule has 0 aromatic carbocycles. The summed E-state index contributed by atoms with van der Waals surface area (Å²) in [5.41, 5.74) is 1.38. The van der Waals surface area contributed by atoms with Crippen LogP contribution in [0.15, 0.2) is 24.5 Å². The van der Waals surface area contributed by atoms with E-state index in [0.717, 1.165) is 25.6 Å². The Bertz CT molecular complexity index is 393. The molecule has 0 saturated heterocycles. The SMILES string of the molecule is CCNC1CCC(CC)CC1N(CC)Cc1ccncc1. The van der Waals surface area contributed by atoms with Crippen LogP contribution in [0.5, 0.6) is 0 Å². The molecule has 0 amide bonds. The molecule has 3 unspecified atom stereocenters. The van der Waals surface area contributed by atoms with Gasteiger partial charge < -0.3 is 5.32 Å². The summed E-state index contributed by atoms with van der Waals surface area (Å²) < 4.78 is 0. The third-order valence-corrected chi connectivity index (χ3v) is 4.98. The number of aromatic nitrogens is 1. The molecule has 3 nitrogen and oxygen atoms in total. The molecule has 1 aliphatic rings. The predicted octanol–water partition coefficient (Wildman–Crippen LogP) is 3.46. The summed E-state index contributed by atoms with van der Waals surface area (Å²) >= 11 is 0. The highest BCUT2D eigenvalue weighted by molar-refractivity contribution is 5.10. The molecular weight excluding hydrogens is 258 g/mol. The third kappa shape index (κ3) is 4.52. The Morgan fingerprint density at radius 2 is 1.95 bits per heavy atom. The number of nitrogens with zero attached hydrogens (tertiary/aromatic N) is 2. The van der Waals surface area contributed by atoms with Crippen LogP contribution in [-0.4, -0.2) is 35.1 Å². The first kappa shape index (κ1) is 16.4. The highest BCUT2D eigenvalue weighted by Crippen LogP contribution is 2.30. The molecule has 118 valence electrons. The van der Waals surface area contributed by atoms with Crippen LogP contribution in [0.3, 0.4) is 0 Å². The summed E-state index contributed by atoms with van der Waals surface area (Å²) in [4.78, 5) is 6.79. The lowest BCUT2D eigenvalue weighted by Gasteiger charge is -2.43. The van der Waals surface area contributed by atoms with Crippen molar-refractivity contribution in [2.24, 2.45) is 5.92 Å². The molecule has 1 fully saturated rings. The van der Waals surface area contributed by atoms with Crippen LogP contribution in [-0.2, 0) is 6.54 Å². The van der Waals surface area contributed by atoms with Crippen molar-refractivity contribution in [1.29, 1.82) is 0 Å². The normalized spacial score (nSPS) is 26.2. The zero-order valence-electron chi connectivity index (χ0n) is 13.9. The summed E-state index contributed by atoms with van der Waals surface area (Å²) in [7, 11) is 0. The summed E-state index contributed by atoms with van der Waals surface area (Å²) in [5, 5.41) is 3.73. The molecule has 0 radical (unpaired) electrons. The molecule has 3 atom stereocenters. The molecule has 3 heteroatoms. The van der Waals surface area contributed by atoms with Crippen LogP contribution in [0.25, 0.3) is 0 Å². The van der Waals surface area contributed by atoms with E-state index in [-0.39, 0.29) is 0 Å². The Balaban J connectivity index is 2.07. The minimum Gasteiger partial charge on any atom is -0.313 e. The van der Waals surface area contributed by atoms with Crippen molar-refractivity contribution in [1.82, 2.24) is 15.2 Å². The zero-order chi connectivity index (χ0) is 15.1. The van der Waals surface area contributed by atoms with Gasteiger partial charge in [-0.1, -0.05) is 27.2 Å². The van der Waals surface area contributed by atoms with E-state index in [1.165, 1.54) is 31.2 Å². The average molecular weight is 289 g/mol. The van der Waals surface area contributed by atoms with Gasteiger partial charge in [-0.2, -0.15) is 0 Å². The van der Waals surface area contributed by atoms with Gasteiger partial charge in [-0.05, 0) is 56.0 Å². The molecular formula is C18H31N3. The lowest BCUT2D eigenvalue weighted by atomic mass is 9.80. The lowest BCUT2D eigenvalue weighted by Crippen LogP contribution is -2.53. The van der Waals surface area contributed by atoms with Gasteiger partial charge in [0.25, 0.3) is 0 Å². The summed E-state index contributed by atoms with van der Waals surface area (Å²) in [5.74, 6) is 0.899. The monoisotopic (exact) mass is 289 g/mol. The Morgan fingerprint density at radius 3 is 2.57 bits per heavy atom. The minimum absolute atomic E-state index is 0.652. The van der Waals surface area contributed by atoms with Crippen LogP contribution < -0.4 is 5.32 Å². The van der Waals surface area contributed by atoms with Crippen molar-refractivity contribution in [3.8, 4) is 0 Å². The Hall–Kier alpha value is -0.930. The first-order chi connectivity index (χ1) is 10.3. The van der Waals surface area contributed by atoms with Gasteiger partial charge in [0.1, 0.15) is 0 Å². The zero-order valence-corrected chi connectivity index (χ0v) is 13.9. The predicted molar refractivity (Wildman–Crippen MR) is 89.2 cm³/mol. The highest BCUT2D eigenvalue weighted by atomic mass is 15.2. The first-order valence-corrected chi connectivity index (χ1v) is 8.64. The van der Waals surface area contributed by atoms with Gasteiger partial charge in [0.2, 0.25) is 0 Å². The molecule has 1 aromatic rings. The molecule has 1 aliphatic carbocycles. The van der Waals surface area contributed by atoms with Crippen LogP contribution in [0.2, 0.25) is 0 Å². The van der Waals surface area contributed by atoms with Gasteiger partial charge in [0, 0.05) is 31.0 Å². The fourth-order valence-corrected chi connectivity index (χ4v) is 3.69. The second-order valence-electron chi connectivity index (χ2n) is 6.24. The van der Waals surface area contributed by atoms with Crippen molar-refractivity contribution < 1.29 is 0 Å². The highest BCUT2D eigenvalue weighted by Gasteiger charge is 2.32. The standard InChI is InChI=1S/C18H31N3/c1-4-15-7-8-17(20-5-2)18(13-15)21(6-3)14-16-9-11-19-12-10-16/h9-12,15,17-18,20H,4-8,13-14H2,1-3H3. The maximum absolute atomic E-state index is 4.13. The van der Waals surface area contributed by atoms with Gasteiger partial charge in [0.05, 0.1) is 0 Å². The molecule has 1 heterocycles. The van der Waals surface area contributed by atoms with Crippen molar-refractivity contribution in [3.05, 3.63) is 30.1 Å². The summed E-state index contributed by atoms with van der Waals surface area (Å²) in [6.45, 7) is 10.1. The van der Waals surface area contributed by atoms with Gasteiger partial charge in [-0.15, -0.1) is 0 Å². The second-order valence-corrected chi connectivity index (χ2v) is 6.24. The van der Waals surface area contributed by atoms with Gasteiger partial charge in [-0.25, -0.2) is 0 Å². The Kier molecular flexibility index (Phi) is 6.65. The molecule has 0 bridgehead atoms. The van der Waals surface area contributed by atoms with Crippen molar-refractivity contribution in [2.45, 2.75) is 65.1 Å². The van der Waals surface area contributed by atoms with E-state index in [2.05, 4.69) is 48.1 Å². The van der Waals surface area contributed by atoms with Crippen molar-refractivity contribution >= 4 is 0 Å². The molecule has 0 spiro atoms. The molecule has 1 N–H and O–H groups in total. The van der Waals surface area contributed by atoms with E-state index >= 15 is 0 Å². The fourth-order valence-electron chi connectivity index (χ4n) is 3.69. The van der Waals surface area contributed by atoms with E-state index in [0.29, 0.717) is 12.1 Å². The molecule has 2 rings (SSSR count). The van der Waals surface area contributed by atoms with Gasteiger partial charge in [-0.3, -0.25) is 9.88 Å². The van der Waals surface area contributed by atoms with E-state index in [9.17, 15) is 0 Å². The fraction of sp³-hybridized carbons (Fsp3) is 0.722. The van der Waals surface area contributed by atoms with E-state index < -0.39 is 0 Å². The number of hydrogen-bond acceptors (Lipinski definition) is 3. The number of hydrogen-bond donors (Lipinski definition) is 1. The Morgan fingerprint density at radius 1 is 1.19 bits per heavy atom. The van der Waals surface area contributed by atoms with E-state index in [4.69, 9.17) is 0 Å². The summed E-state index contributed by atoms with van der Waals surface area (Å²) in [6.07, 6.45) is 9.18. The van der Waals surface area contributed by atoms with Crippen LogP contribution >= 0.6 is 0 Å². The quantitative estimate of drug-likeness (QED) is 0.833. The number of nitrogens with one attached hydrogen (secondary N) is 1. The maximum Gasteiger partial charge on any atom is 0.0271 e. The minimum atomic E-state index is 0.652. The average Bonchev–Trinajstić information content (AvgIpc) is 2.54. The molecule has 1 aromatic heterocycles. The second kappa shape index (κ2) is 8.50. The van der Waals surface area contributed by atoms with Crippen LogP contribution in [0.1, 0.15) is 52.0 Å². The van der Waals surface area contributed by atoms with Crippen LogP contribution in [0.4, 0.5) is 0 Å². The number of likely N-dealkylation sites (N-methyl/N-ethyl adjacent to an activating group) is 2. The van der Waals surface area contributed by atoms with Crippen LogP contribution in [0, 0.1) is 5.92 Å². The van der Waals surface area contributed by atoms with Crippen molar-refractivity contribution in [3.63, 3.8) is 0 Å². The van der Waals surface area contributed by atoms with Gasteiger partial charge in [0.15, 0.2) is 0 Å². The summed E-state index contributed by atoms with van der Waals surface area (Å²) in [6, 6.07) is 5.61. The topological polar surface area (TPSA) is 28.2 Å². The lowest BCUT2D eigenvalue weighted by molar-refractivity contribution is 0.0943. The largest absolute Gasteiger partial charge is 0.313 e. The molecule has 0 aliphatic heterocycles. The third-order valence-electron chi connectivity index (χ3n) is 4.98. The number of rotatable bonds is 7. The maximum atomic E-state index is 4.13. The van der Waals surface area contributed by atoms with E-state index in [1.54, 1.807) is 0 Å². The molecule has 1 saturated carbocycles. The number of pyridine rings is 1.